The number of hydrogen-bond acceptors (Lipinski definition) is 3. The molecule has 1 fully saturated rings. The van der Waals surface area contributed by atoms with Gasteiger partial charge in [0, 0.05) is 12.1 Å². The topological polar surface area (TPSA) is 69.2 Å². The Morgan fingerprint density at radius 3 is 2.81 bits per heavy atom. The van der Waals surface area contributed by atoms with Gasteiger partial charge >= 0.3 is 0 Å². The Bertz CT molecular complexity index is 418. The van der Waals surface area contributed by atoms with Gasteiger partial charge in [0.2, 0.25) is 0 Å². The molecular formula is C11H13BrN2O2. The standard InChI is InChI=1S/C11H13BrN2O2/c12-9-4-3-8(6-11(9)14(15)16)10(13)5-7-1-2-7/h3-4,6-7,10H,1-2,5,13H2/t10-/m0/s1. The zero-order chi connectivity index (χ0) is 11.7. The highest BCUT2D eigenvalue weighted by molar-refractivity contribution is 9.10. The summed E-state index contributed by atoms with van der Waals surface area (Å²) < 4.78 is 0.500. The minimum absolute atomic E-state index is 0.0840. The van der Waals surface area contributed by atoms with E-state index in [9.17, 15) is 10.1 Å². The number of rotatable bonds is 4. The molecule has 4 nitrogen and oxygen atoms in total. The lowest BCUT2D eigenvalue weighted by atomic mass is 10.0. The molecule has 1 atom stereocenters. The average Bonchev–Trinajstić information content (AvgIpc) is 3.01. The van der Waals surface area contributed by atoms with Crippen LogP contribution in [0.1, 0.15) is 30.9 Å². The maximum atomic E-state index is 10.8. The van der Waals surface area contributed by atoms with Gasteiger partial charge in [0.25, 0.3) is 5.69 Å². The number of nitrogens with zero attached hydrogens (tertiary/aromatic N) is 1. The highest BCUT2D eigenvalue weighted by atomic mass is 79.9. The van der Waals surface area contributed by atoms with E-state index in [-0.39, 0.29) is 11.7 Å². The summed E-state index contributed by atoms with van der Waals surface area (Å²) in [6.45, 7) is 0. The first-order valence-corrected chi connectivity index (χ1v) is 6.06. The molecule has 2 N–H and O–H groups in total. The molecule has 0 radical (unpaired) electrons. The molecule has 86 valence electrons. The molecule has 0 saturated heterocycles. The minimum atomic E-state index is -0.391. The minimum Gasteiger partial charge on any atom is -0.324 e. The van der Waals surface area contributed by atoms with Crippen molar-refractivity contribution in [3.8, 4) is 0 Å². The molecule has 2 rings (SSSR count). The van der Waals surface area contributed by atoms with E-state index >= 15 is 0 Å². The Labute approximate surface area is 102 Å². The molecule has 1 aromatic rings. The molecule has 1 aliphatic carbocycles. The van der Waals surface area contributed by atoms with Crippen LogP contribution in [0.15, 0.2) is 22.7 Å². The summed E-state index contributed by atoms with van der Waals surface area (Å²) in [6.07, 6.45) is 3.41. The van der Waals surface area contributed by atoms with Crippen molar-refractivity contribution >= 4 is 21.6 Å². The fraction of sp³-hybridized carbons (Fsp3) is 0.455. The average molecular weight is 285 g/mol. The zero-order valence-electron chi connectivity index (χ0n) is 8.73. The smallest absolute Gasteiger partial charge is 0.283 e. The van der Waals surface area contributed by atoms with Crippen molar-refractivity contribution in [3.63, 3.8) is 0 Å². The van der Waals surface area contributed by atoms with E-state index in [0.29, 0.717) is 4.47 Å². The maximum Gasteiger partial charge on any atom is 0.283 e. The van der Waals surface area contributed by atoms with Crippen LogP contribution in [0.25, 0.3) is 0 Å². The molecule has 0 bridgehead atoms. The summed E-state index contributed by atoms with van der Waals surface area (Å²) in [5.41, 5.74) is 6.95. The van der Waals surface area contributed by atoms with E-state index in [1.165, 1.54) is 12.8 Å². The summed E-state index contributed by atoms with van der Waals surface area (Å²) in [6, 6.07) is 5.03. The number of benzene rings is 1. The first-order valence-electron chi connectivity index (χ1n) is 5.27. The van der Waals surface area contributed by atoms with E-state index < -0.39 is 4.92 Å². The van der Waals surface area contributed by atoms with Gasteiger partial charge in [-0.25, -0.2) is 0 Å². The second-order valence-corrected chi connectivity index (χ2v) is 5.11. The summed E-state index contributed by atoms with van der Waals surface area (Å²) in [7, 11) is 0. The summed E-state index contributed by atoms with van der Waals surface area (Å²) >= 11 is 3.16. The number of nitro groups is 1. The maximum absolute atomic E-state index is 10.8. The number of hydrogen-bond donors (Lipinski definition) is 1. The summed E-state index contributed by atoms with van der Waals surface area (Å²) in [4.78, 5) is 10.4. The van der Waals surface area contributed by atoms with Crippen LogP contribution in [0.3, 0.4) is 0 Å². The van der Waals surface area contributed by atoms with Crippen molar-refractivity contribution in [2.24, 2.45) is 11.7 Å². The highest BCUT2D eigenvalue weighted by Gasteiger charge is 2.25. The van der Waals surface area contributed by atoms with Crippen molar-refractivity contribution in [1.82, 2.24) is 0 Å². The van der Waals surface area contributed by atoms with Gasteiger partial charge in [-0.05, 0) is 39.9 Å². The Balaban J connectivity index is 2.20. The van der Waals surface area contributed by atoms with Gasteiger partial charge in [0.15, 0.2) is 0 Å². The van der Waals surface area contributed by atoms with E-state index in [2.05, 4.69) is 15.9 Å². The first kappa shape index (κ1) is 11.5. The first-order chi connectivity index (χ1) is 7.58. The van der Waals surface area contributed by atoms with Crippen LogP contribution in [0.5, 0.6) is 0 Å². The summed E-state index contributed by atoms with van der Waals surface area (Å²) in [5, 5.41) is 10.8. The van der Waals surface area contributed by atoms with E-state index in [0.717, 1.165) is 17.9 Å². The van der Waals surface area contributed by atoms with Crippen LogP contribution in [0, 0.1) is 16.0 Å². The van der Waals surface area contributed by atoms with Crippen LogP contribution in [-0.2, 0) is 0 Å². The molecule has 0 unspecified atom stereocenters. The summed E-state index contributed by atoms with van der Waals surface area (Å²) in [5.74, 6) is 0.720. The van der Waals surface area contributed by atoms with Gasteiger partial charge in [-0.1, -0.05) is 18.9 Å². The van der Waals surface area contributed by atoms with Crippen molar-refractivity contribution in [1.29, 1.82) is 0 Å². The van der Waals surface area contributed by atoms with Crippen molar-refractivity contribution in [2.45, 2.75) is 25.3 Å². The molecule has 5 heteroatoms. The molecule has 16 heavy (non-hydrogen) atoms. The molecule has 0 amide bonds. The van der Waals surface area contributed by atoms with Gasteiger partial charge in [0.05, 0.1) is 9.40 Å². The lowest BCUT2D eigenvalue weighted by Crippen LogP contribution is -2.11. The third kappa shape index (κ3) is 2.59. The van der Waals surface area contributed by atoms with Crippen LogP contribution in [-0.4, -0.2) is 4.92 Å². The van der Waals surface area contributed by atoms with Crippen LogP contribution >= 0.6 is 15.9 Å². The van der Waals surface area contributed by atoms with Crippen LogP contribution < -0.4 is 5.73 Å². The second kappa shape index (κ2) is 4.51. The fourth-order valence-electron chi connectivity index (χ4n) is 1.75. The Kier molecular flexibility index (Phi) is 3.25. The van der Waals surface area contributed by atoms with E-state index in [1.807, 2.05) is 6.07 Å². The van der Waals surface area contributed by atoms with Crippen LogP contribution in [0.2, 0.25) is 0 Å². The van der Waals surface area contributed by atoms with E-state index in [4.69, 9.17) is 5.73 Å². The molecule has 1 aliphatic rings. The fourth-order valence-corrected chi connectivity index (χ4v) is 2.14. The lowest BCUT2D eigenvalue weighted by Gasteiger charge is -2.11. The van der Waals surface area contributed by atoms with Crippen molar-refractivity contribution in [3.05, 3.63) is 38.3 Å². The predicted octanol–water partition coefficient (Wildman–Crippen LogP) is 3.16. The lowest BCUT2D eigenvalue weighted by molar-refractivity contribution is -0.385. The number of nitro benzene ring substituents is 1. The highest BCUT2D eigenvalue weighted by Crippen LogP contribution is 2.37. The molecule has 0 aliphatic heterocycles. The molecule has 1 saturated carbocycles. The molecule has 0 heterocycles. The monoisotopic (exact) mass is 284 g/mol. The van der Waals surface area contributed by atoms with Gasteiger partial charge in [0.1, 0.15) is 0 Å². The normalized spacial score (nSPS) is 17.1. The van der Waals surface area contributed by atoms with E-state index in [1.54, 1.807) is 12.1 Å². The van der Waals surface area contributed by atoms with Gasteiger partial charge < -0.3 is 5.73 Å². The third-order valence-electron chi connectivity index (χ3n) is 2.88. The number of halogens is 1. The second-order valence-electron chi connectivity index (χ2n) is 4.25. The van der Waals surface area contributed by atoms with Crippen molar-refractivity contribution < 1.29 is 4.92 Å². The SMILES string of the molecule is N[C@@H](CC1CC1)c1ccc(Br)c([N+](=O)[O-])c1. The molecule has 0 spiro atoms. The molecular weight excluding hydrogens is 272 g/mol. The largest absolute Gasteiger partial charge is 0.324 e. The van der Waals surface area contributed by atoms with Crippen molar-refractivity contribution in [2.75, 3.05) is 0 Å². The molecule has 0 aromatic heterocycles. The van der Waals surface area contributed by atoms with Gasteiger partial charge in [-0.15, -0.1) is 0 Å². The quantitative estimate of drug-likeness (QED) is 0.682. The van der Waals surface area contributed by atoms with Gasteiger partial charge in [-0.3, -0.25) is 10.1 Å². The third-order valence-corrected chi connectivity index (χ3v) is 3.55. The Morgan fingerprint density at radius 1 is 1.56 bits per heavy atom. The zero-order valence-corrected chi connectivity index (χ0v) is 10.3. The predicted molar refractivity (Wildman–Crippen MR) is 65.1 cm³/mol. The van der Waals surface area contributed by atoms with Gasteiger partial charge in [-0.2, -0.15) is 0 Å². The number of nitrogens with two attached hydrogens (primary N) is 1. The molecule has 1 aromatic carbocycles. The Morgan fingerprint density at radius 2 is 2.25 bits per heavy atom. The Hall–Kier alpha value is -0.940. The van der Waals surface area contributed by atoms with Crippen LogP contribution in [0.4, 0.5) is 5.69 Å².